The van der Waals surface area contributed by atoms with Crippen molar-refractivity contribution in [2.75, 3.05) is 13.7 Å². The largest absolute Gasteiger partial charge is 0.497 e. The predicted octanol–water partition coefficient (Wildman–Crippen LogP) is 5.53. The zero-order valence-electron chi connectivity index (χ0n) is 21.8. The molecule has 4 nitrogen and oxygen atoms in total. The first-order chi connectivity index (χ1) is 16.6. The molecule has 0 amide bonds. The van der Waals surface area contributed by atoms with Crippen molar-refractivity contribution in [3.05, 3.63) is 90.5 Å². The molecule has 0 N–H and O–H groups in total. The van der Waals surface area contributed by atoms with Gasteiger partial charge in [-0.1, -0.05) is 93.6 Å². The summed E-state index contributed by atoms with van der Waals surface area (Å²) in [6, 6.07) is 28.8. The van der Waals surface area contributed by atoms with Crippen molar-refractivity contribution < 1.29 is 18.7 Å². The number of ketones is 1. The Kier molecular flexibility index (Phi) is 8.70. The Labute approximate surface area is 211 Å². The second-order valence-electron chi connectivity index (χ2n) is 10.2. The van der Waals surface area contributed by atoms with E-state index in [-0.39, 0.29) is 10.8 Å². The lowest BCUT2D eigenvalue weighted by Gasteiger charge is -2.43. The summed E-state index contributed by atoms with van der Waals surface area (Å²) in [6.45, 7) is 11.0. The van der Waals surface area contributed by atoms with Crippen molar-refractivity contribution in [3.8, 4) is 5.75 Å². The fourth-order valence-corrected chi connectivity index (χ4v) is 9.04. The zero-order chi connectivity index (χ0) is 25.5. The van der Waals surface area contributed by atoms with Crippen LogP contribution in [0.25, 0.3) is 0 Å². The first-order valence-corrected chi connectivity index (χ1v) is 14.1. The Morgan fingerprint density at radius 1 is 0.800 bits per heavy atom. The highest BCUT2D eigenvalue weighted by atomic mass is 28.4. The summed E-state index contributed by atoms with van der Waals surface area (Å²) >= 11 is 0. The van der Waals surface area contributed by atoms with Crippen LogP contribution in [0.5, 0.6) is 5.75 Å². The first kappa shape index (κ1) is 26.9. The molecule has 0 aliphatic heterocycles. The van der Waals surface area contributed by atoms with Crippen LogP contribution in [0, 0.1) is 0 Å². The molecule has 0 heterocycles. The molecule has 0 aliphatic carbocycles. The van der Waals surface area contributed by atoms with Gasteiger partial charge in [0.2, 0.25) is 0 Å². The summed E-state index contributed by atoms with van der Waals surface area (Å²) in [5.41, 5.74) is 0.0527. The molecule has 0 radical (unpaired) electrons. The number of ether oxygens (including phenoxy) is 2. The van der Waals surface area contributed by atoms with Gasteiger partial charge in [-0.25, -0.2) is 0 Å². The van der Waals surface area contributed by atoms with Gasteiger partial charge in [-0.15, -0.1) is 0 Å². The topological polar surface area (TPSA) is 44.8 Å². The number of carbonyl (C=O) groups is 1. The molecular formula is C30H38O4Si. The van der Waals surface area contributed by atoms with Crippen molar-refractivity contribution in [2.45, 2.75) is 58.3 Å². The number of Topliss-reactive ketones (excluding diaryl/α,β-unsaturated/α-hetero) is 1. The van der Waals surface area contributed by atoms with Crippen LogP contribution >= 0.6 is 0 Å². The van der Waals surface area contributed by atoms with E-state index < -0.39 is 13.9 Å². The molecule has 0 aliphatic rings. The van der Waals surface area contributed by atoms with Gasteiger partial charge in [0.15, 0.2) is 5.78 Å². The Balaban J connectivity index is 1.84. The quantitative estimate of drug-likeness (QED) is 0.332. The molecule has 35 heavy (non-hydrogen) atoms. The molecular weight excluding hydrogens is 452 g/mol. The molecule has 0 aromatic heterocycles. The number of hydrogen-bond acceptors (Lipinski definition) is 4. The average Bonchev–Trinajstić information content (AvgIpc) is 2.86. The lowest BCUT2D eigenvalue weighted by atomic mass is 9.98. The van der Waals surface area contributed by atoms with Crippen molar-refractivity contribution in [3.63, 3.8) is 0 Å². The van der Waals surface area contributed by atoms with E-state index in [2.05, 4.69) is 69.3 Å². The van der Waals surface area contributed by atoms with Crippen LogP contribution in [0.3, 0.4) is 0 Å². The molecule has 3 aromatic rings. The summed E-state index contributed by atoms with van der Waals surface area (Å²) in [4.78, 5) is 12.7. The smallest absolute Gasteiger partial charge is 0.261 e. The van der Waals surface area contributed by atoms with Crippen molar-refractivity contribution in [2.24, 2.45) is 0 Å². The molecule has 3 aromatic carbocycles. The van der Waals surface area contributed by atoms with Gasteiger partial charge in [0, 0.05) is 13.0 Å². The molecule has 3 rings (SSSR count). The van der Waals surface area contributed by atoms with Crippen molar-refractivity contribution in [1.82, 2.24) is 0 Å². The fraction of sp³-hybridized carbons (Fsp3) is 0.367. The summed E-state index contributed by atoms with van der Waals surface area (Å²) in [7, 11) is -1.02. The molecule has 0 saturated heterocycles. The second-order valence-corrected chi connectivity index (χ2v) is 14.5. The van der Waals surface area contributed by atoms with Gasteiger partial charge in [-0.05, 0) is 47.0 Å². The Morgan fingerprint density at radius 2 is 1.31 bits per heavy atom. The highest BCUT2D eigenvalue weighted by Crippen LogP contribution is 2.37. The maximum absolute atomic E-state index is 12.7. The molecule has 0 unspecified atom stereocenters. The maximum atomic E-state index is 12.7. The molecule has 5 heteroatoms. The van der Waals surface area contributed by atoms with E-state index in [0.29, 0.717) is 19.6 Å². The van der Waals surface area contributed by atoms with Crippen LogP contribution in [-0.2, 0) is 20.6 Å². The summed E-state index contributed by atoms with van der Waals surface area (Å²) in [6.07, 6.45) is 0.475. The molecule has 0 saturated carbocycles. The minimum absolute atomic E-state index is 0.00272. The number of methoxy groups -OCH3 is 1. The molecule has 0 spiro atoms. The van der Waals surface area contributed by atoms with E-state index >= 15 is 0 Å². The third-order valence-electron chi connectivity index (χ3n) is 6.78. The highest BCUT2D eigenvalue weighted by Gasteiger charge is 2.50. The van der Waals surface area contributed by atoms with Crippen LogP contribution in [0.4, 0.5) is 0 Å². The van der Waals surface area contributed by atoms with Gasteiger partial charge >= 0.3 is 0 Å². The number of hydrogen-bond donors (Lipinski definition) is 0. The van der Waals surface area contributed by atoms with Gasteiger partial charge < -0.3 is 13.9 Å². The number of rotatable bonds is 11. The van der Waals surface area contributed by atoms with Gasteiger partial charge in [-0.2, -0.15) is 0 Å². The van der Waals surface area contributed by atoms with Gasteiger partial charge in [0.25, 0.3) is 8.32 Å². The van der Waals surface area contributed by atoms with Crippen molar-refractivity contribution >= 4 is 24.5 Å². The molecule has 0 fully saturated rings. The van der Waals surface area contributed by atoms with Crippen LogP contribution in [0.15, 0.2) is 84.9 Å². The lowest BCUT2D eigenvalue weighted by molar-refractivity contribution is -0.144. The number of carbonyl (C=O) groups excluding carboxylic acids is 1. The monoisotopic (exact) mass is 490 g/mol. The first-order valence-electron chi connectivity index (χ1n) is 12.2. The third kappa shape index (κ3) is 6.10. The molecule has 186 valence electrons. The Hall–Kier alpha value is -2.73. The average molecular weight is 491 g/mol. The second kappa shape index (κ2) is 11.3. The minimum atomic E-state index is -2.66. The summed E-state index contributed by atoms with van der Waals surface area (Å²) in [5, 5.41) is 2.33. The van der Waals surface area contributed by atoms with E-state index in [1.807, 2.05) is 43.3 Å². The highest BCUT2D eigenvalue weighted by molar-refractivity contribution is 6.99. The maximum Gasteiger partial charge on any atom is 0.261 e. The minimum Gasteiger partial charge on any atom is -0.497 e. The zero-order valence-corrected chi connectivity index (χ0v) is 22.8. The normalized spacial score (nSPS) is 13.8. The number of benzene rings is 3. The SMILES string of the molecule is COc1ccc(CO[C@](C)(CCO[Si](c2ccccc2)(c2ccccc2)C(C)(C)C)C(C)=O)cc1. The van der Waals surface area contributed by atoms with E-state index in [4.69, 9.17) is 13.9 Å². The van der Waals surface area contributed by atoms with Gasteiger partial charge in [-0.3, -0.25) is 4.79 Å². The summed E-state index contributed by atoms with van der Waals surface area (Å²) < 4.78 is 18.4. The van der Waals surface area contributed by atoms with E-state index in [1.165, 1.54) is 10.4 Å². The van der Waals surface area contributed by atoms with E-state index in [0.717, 1.165) is 11.3 Å². The van der Waals surface area contributed by atoms with Gasteiger partial charge in [0.05, 0.1) is 13.7 Å². The standard InChI is InChI=1S/C30H38O4Si/c1-24(31)30(5,33-23-25-17-19-26(32-6)20-18-25)21-22-34-35(29(2,3)4,27-13-9-7-10-14-27)28-15-11-8-12-16-28/h7-20H,21-23H2,1-6H3/t30-/m1/s1. The van der Waals surface area contributed by atoms with E-state index in [1.54, 1.807) is 14.0 Å². The van der Waals surface area contributed by atoms with Crippen LogP contribution < -0.4 is 15.1 Å². The Bertz CT molecular complexity index is 1040. The molecule has 1 atom stereocenters. The fourth-order valence-electron chi connectivity index (χ4n) is 4.47. The van der Waals surface area contributed by atoms with Crippen molar-refractivity contribution in [1.29, 1.82) is 0 Å². The predicted molar refractivity (Wildman–Crippen MR) is 145 cm³/mol. The van der Waals surface area contributed by atoms with E-state index in [9.17, 15) is 4.79 Å². The van der Waals surface area contributed by atoms with Gasteiger partial charge in [0.1, 0.15) is 11.4 Å². The van der Waals surface area contributed by atoms with Crippen LogP contribution in [0.1, 0.15) is 46.6 Å². The summed E-state index contributed by atoms with van der Waals surface area (Å²) in [5.74, 6) is 0.791. The Morgan fingerprint density at radius 3 is 1.74 bits per heavy atom. The van der Waals surface area contributed by atoms with Crippen LogP contribution in [0.2, 0.25) is 5.04 Å². The lowest BCUT2D eigenvalue weighted by Crippen LogP contribution is -2.66. The third-order valence-corrected chi connectivity index (χ3v) is 11.8. The van der Waals surface area contributed by atoms with Crippen LogP contribution in [-0.4, -0.2) is 33.4 Å². The molecule has 0 bridgehead atoms.